The molecule has 1 saturated carbocycles. The first-order valence-corrected chi connectivity index (χ1v) is 9.53. The van der Waals surface area contributed by atoms with Crippen LogP contribution in [0.5, 0.6) is 0 Å². The van der Waals surface area contributed by atoms with Crippen LogP contribution in [0.4, 0.5) is 0 Å². The quantitative estimate of drug-likeness (QED) is 0.710. The summed E-state index contributed by atoms with van der Waals surface area (Å²) in [6.07, 6.45) is 11.0. The number of hydrogen-bond acceptors (Lipinski definition) is 3. The van der Waals surface area contributed by atoms with E-state index >= 15 is 0 Å². The first-order valence-electron chi connectivity index (χ1n) is 8.33. The van der Waals surface area contributed by atoms with Gasteiger partial charge in [0.15, 0.2) is 0 Å². The lowest BCUT2D eigenvalue weighted by Crippen LogP contribution is -2.46. The predicted octanol–water partition coefficient (Wildman–Crippen LogP) is 2.86. The standard InChI is InChI=1S/C17H20BrN3O2S/c18-11-7-8-14-13(10-11)16(23)21(17(24)20-14)9-3-6-15(22)19-12-4-1-2-5-12/h7-8,10,12-13H,1-6,9H2,(H,19,22). The van der Waals surface area contributed by atoms with Crippen LogP contribution in [0.25, 0.3) is 0 Å². The molecule has 1 unspecified atom stereocenters. The van der Waals surface area contributed by atoms with Crippen molar-refractivity contribution in [2.45, 2.75) is 44.6 Å². The maximum Gasteiger partial charge on any atom is 0.241 e. The maximum atomic E-state index is 12.6. The second-order valence-corrected chi connectivity index (χ2v) is 7.60. The molecule has 2 amide bonds. The van der Waals surface area contributed by atoms with Gasteiger partial charge in [-0.05, 0) is 43.6 Å². The van der Waals surface area contributed by atoms with Crippen molar-refractivity contribution in [1.82, 2.24) is 10.2 Å². The molecule has 1 N–H and O–H groups in total. The van der Waals surface area contributed by atoms with Crippen LogP contribution in [0.15, 0.2) is 27.7 Å². The Balaban J connectivity index is 1.52. The summed E-state index contributed by atoms with van der Waals surface area (Å²) in [6, 6.07) is 0.332. The fourth-order valence-electron chi connectivity index (χ4n) is 3.28. The number of nitrogens with zero attached hydrogens (tertiary/aromatic N) is 2. The highest BCUT2D eigenvalue weighted by molar-refractivity contribution is 9.11. The summed E-state index contributed by atoms with van der Waals surface area (Å²) in [6.45, 7) is 0.429. The lowest BCUT2D eigenvalue weighted by Gasteiger charge is -2.30. The van der Waals surface area contributed by atoms with Crippen molar-refractivity contribution in [3.63, 3.8) is 0 Å². The van der Waals surface area contributed by atoms with Gasteiger partial charge in [-0.3, -0.25) is 14.5 Å². The van der Waals surface area contributed by atoms with Gasteiger partial charge >= 0.3 is 0 Å². The topological polar surface area (TPSA) is 61.8 Å². The number of carbonyl (C=O) groups excluding carboxylic acids is 2. The van der Waals surface area contributed by atoms with Crippen LogP contribution in [-0.2, 0) is 9.59 Å². The van der Waals surface area contributed by atoms with E-state index in [4.69, 9.17) is 12.2 Å². The van der Waals surface area contributed by atoms with Crippen molar-refractivity contribution >= 4 is 50.8 Å². The number of nitrogens with one attached hydrogen (secondary N) is 1. The van der Waals surface area contributed by atoms with Gasteiger partial charge in [0, 0.05) is 23.5 Å². The molecule has 0 saturated heterocycles. The Hall–Kier alpha value is -1.34. The number of hydrogen-bond donors (Lipinski definition) is 1. The number of amides is 2. The molecule has 0 aromatic heterocycles. The Morgan fingerprint density at radius 1 is 1.38 bits per heavy atom. The van der Waals surface area contributed by atoms with E-state index in [9.17, 15) is 9.59 Å². The van der Waals surface area contributed by atoms with Crippen molar-refractivity contribution < 1.29 is 9.59 Å². The first kappa shape index (κ1) is 17.5. The number of rotatable bonds is 5. The van der Waals surface area contributed by atoms with Gasteiger partial charge in [0.2, 0.25) is 16.9 Å². The molecule has 0 radical (unpaired) electrons. The normalized spacial score (nSPS) is 23.9. The molecule has 7 heteroatoms. The Morgan fingerprint density at radius 3 is 2.88 bits per heavy atom. The van der Waals surface area contributed by atoms with E-state index in [1.807, 2.05) is 18.2 Å². The van der Waals surface area contributed by atoms with Crippen molar-refractivity contribution in [2.75, 3.05) is 6.54 Å². The summed E-state index contributed by atoms with van der Waals surface area (Å²) in [4.78, 5) is 30.5. The SMILES string of the molecule is O=C(CCCN1C(=O)C2C=C(Br)C=CC2=NC1=S)NC1CCCC1. The van der Waals surface area contributed by atoms with Gasteiger partial charge in [-0.25, -0.2) is 4.99 Å². The summed E-state index contributed by atoms with van der Waals surface area (Å²) < 4.78 is 0.864. The molecule has 3 aliphatic rings. The molecular weight excluding hydrogens is 390 g/mol. The van der Waals surface area contributed by atoms with Crippen LogP contribution in [0.2, 0.25) is 0 Å². The molecule has 5 nitrogen and oxygen atoms in total. The second kappa shape index (κ2) is 7.70. The molecule has 24 heavy (non-hydrogen) atoms. The fraction of sp³-hybridized carbons (Fsp3) is 0.529. The van der Waals surface area contributed by atoms with Gasteiger partial charge in [0.05, 0.1) is 5.71 Å². The van der Waals surface area contributed by atoms with Gasteiger partial charge in [0.1, 0.15) is 5.92 Å². The highest BCUT2D eigenvalue weighted by atomic mass is 79.9. The average molecular weight is 410 g/mol. The zero-order valence-electron chi connectivity index (χ0n) is 13.3. The zero-order chi connectivity index (χ0) is 17.1. The number of fused-ring (bicyclic) bond motifs is 1. The second-order valence-electron chi connectivity index (χ2n) is 6.32. The molecule has 0 aromatic carbocycles. The monoisotopic (exact) mass is 409 g/mol. The van der Waals surface area contributed by atoms with Crippen LogP contribution in [-0.4, -0.2) is 40.1 Å². The van der Waals surface area contributed by atoms with Crippen LogP contribution in [0.3, 0.4) is 0 Å². The van der Waals surface area contributed by atoms with E-state index < -0.39 is 0 Å². The molecule has 0 spiro atoms. The van der Waals surface area contributed by atoms with Gasteiger partial charge in [0.25, 0.3) is 0 Å². The molecule has 128 valence electrons. The third kappa shape index (κ3) is 4.00. The summed E-state index contributed by atoms with van der Waals surface area (Å²) >= 11 is 8.64. The molecule has 1 fully saturated rings. The highest BCUT2D eigenvalue weighted by Gasteiger charge is 2.34. The molecule has 1 atom stereocenters. The van der Waals surface area contributed by atoms with E-state index in [-0.39, 0.29) is 17.7 Å². The van der Waals surface area contributed by atoms with Crippen molar-refractivity contribution in [1.29, 1.82) is 0 Å². The molecule has 0 bridgehead atoms. The number of halogens is 1. The predicted molar refractivity (Wildman–Crippen MR) is 101 cm³/mol. The third-order valence-corrected chi connectivity index (χ3v) is 5.39. The van der Waals surface area contributed by atoms with Crippen LogP contribution >= 0.6 is 28.1 Å². The van der Waals surface area contributed by atoms with Crippen LogP contribution < -0.4 is 5.32 Å². The minimum Gasteiger partial charge on any atom is -0.353 e. The number of allylic oxidation sites excluding steroid dienone is 3. The highest BCUT2D eigenvalue weighted by Crippen LogP contribution is 2.25. The Bertz CT molecular complexity index is 650. The number of thiocarbonyl (C=S) groups is 1. The summed E-state index contributed by atoms with van der Waals surface area (Å²) in [5.41, 5.74) is 0.684. The lowest BCUT2D eigenvalue weighted by molar-refractivity contribution is -0.129. The van der Waals surface area contributed by atoms with Crippen LogP contribution in [0, 0.1) is 5.92 Å². The number of carbonyl (C=O) groups is 2. The van der Waals surface area contributed by atoms with E-state index in [2.05, 4.69) is 26.2 Å². The van der Waals surface area contributed by atoms with Gasteiger partial charge in [-0.1, -0.05) is 34.8 Å². The van der Waals surface area contributed by atoms with Crippen molar-refractivity contribution in [2.24, 2.45) is 10.9 Å². The summed E-state index contributed by atoms with van der Waals surface area (Å²) in [5.74, 6) is -0.393. The fourth-order valence-corrected chi connectivity index (χ4v) is 3.96. The molecule has 3 rings (SSSR count). The lowest BCUT2D eigenvalue weighted by atomic mass is 9.95. The molecule has 1 aliphatic heterocycles. The molecule has 1 heterocycles. The maximum absolute atomic E-state index is 12.6. The van der Waals surface area contributed by atoms with E-state index in [1.54, 1.807) is 0 Å². The minimum atomic E-state index is -0.386. The van der Waals surface area contributed by atoms with Gasteiger partial charge in [-0.2, -0.15) is 0 Å². The van der Waals surface area contributed by atoms with E-state index in [1.165, 1.54) is 17.7 Å². The van der Waals surface area contributed by atoms with E-state index in [0.717, 1.165) is 17.3 Å². The van der Waals surface area contributed by atoms with E-state index in [0.29, 0.717) is 36.3 Å². The average Bonchev–Trinajstić information content (AvgIpc) is 3.04. The van der Waals surface area contributed by atoms with Crippen molar-refractivity contribution in [3.05, 3.63) is 22.7 Å². The number of aliphatic imine (C=N–C) groups is 1. The summed E-state index contributed by atoms with van der Waals surface area (Å²) in [7, 11) is 0. The Kier molecular flexibility index (Phi) is 5.61. The molecular formula is C17H20BrN3O2S. The van der Waals surface area contributed by atoms with Gasteiger partial charge < -0.3 is 5.32 Å². The Morgan fingerprint density at radius 2 is 2.12 bits per heavy atom. The molecule has 2 aliphatic carbocycles. The smallest absolute Gasteiger partial charge is 0.241 e. The molecule has 0 aromatic rings. The third-order valence-electron chi connectivity index (χ3n) is 4.55. The zero-order valence-corrected chi connectivity index (χ0v) is 15.7. The van der Waals surface area contributed by atoms with Crippen LogP contribution in [0.1, 0.15) is 38.5 Å². The first-order chi connectivity index (χ1) is 11.5. The summed E-state index contributed by atoms with van der Waals surface area (Å²) in [5, 5.41) is 3.35. The van der Waals surface area contributed by atoms with Crippen molar-refractivity contribution in [3.8, 4) is 0 Å². The Labute approximate surface area is 155 Å². The largest absolute Gasteiger partial charge is 0.353 e. The van der Waals surface area contributed by atoms with Gasteiger partial charge in [-0.15, -0.1) is 0 Å². The minimum absolute atomic E-state index is 0.0599.